The van der Waals surface area contributed by atoms with Crippen molar-refractivity contribution >= 4 is 17.5 Å². The van der Waals surface area contributed by atoms with Gasteiger partial charge in [-0.3, -0.25) is 10.1 Å². The highest BCUT2D eigenvalue weighted by atomic mass is 19.4. The highest BCUT2D eigenvalue weighted by molar-refractivity contribution is 5.76. The lowest BCUT2D eigenvalue weighted by molar-refractivity contribution is -0.385. The van der Waals surface area contributed by atoms with Gasteiger partial charge in [0.25, 0.3) is 12.1 Å². The molecule has 1 saturated heterocycles. The number of amides is 2. The number of alkyl halides is 5. The lowest BCUT2D eigenvalue weighted by atomic mass is 10.0. The molecule has 0 unspecified atom stereocenters. The fourth-order valence-corrected chi connectivity index (χ4v) is 4.02. The molecule has 1 N–H and O–H groups in total. The minimum Gasteiger partial charge on any atom is -0.378 e. The van der Waals surface area contributed by atoms with Gasteiger partial charge in [-0.15, -0.1) is 0 Å². The average molecular weight is 516 g/mol. The van der Waals surface area contributed by atoms with Gasteiger partial charge in [0.15, 0.2) is 5.82 Å². The van der Waals surface area contributed by atoms with Crippen LogP contribution in [0, 0.1) is 10.1 Å². The van der Waals surface area contributed by atoms with Crippen molar-refractivity contribution in [1.82, 2.24) is 19.8 Å². The third kappa shape index (κ3) is 5.29. The molecule has 194 valence electrons. The minimum absolute atomic E-state index is 0.00711. The number of non-ortho nitro benzene ring substituents is 1. The maximum Gasteiger partial charge on any atom is 0.416 e. The fraction of sp³-hybridized carbons (Fsp3) is 0.476. The molecular weight excluding hydrogens is 495 g/mol. The monoisotopic (exact) mass is 516 g/mol. The fourth-order valence-electron chi connectivity index (χ4n) is 4.02. The standard InChI is InChI=1S/C21H21F5N6O4/c1-11(12-6-13(21(24,25)26)8-14(7-12)32(34)35)27-18-15-9-31(20(33)30-2-4-36-5-3-30)10-16(15)28-19(29-18)17(22)23/h6-8,11,17H,2-5,9-10H2,1H3,(H,27,28,29)/t11-/m1/s1. The van der Waals surface area contributed by atoms with Crippen molar-refractivity contribution in [2.45, 2.75) is 38.7 Å². The SMILES string of the molecule is C[C@@H](Nc1nc(C(F)F)nc2c1CN(C(=O)N1CCOCC1)C2)c1cc([N+](=O)[O-])cc(C(F)(F)F)c1. The third-order valence-corrected chi connectivity index (χ3v) is 5.88. The molecule has 1 fully saturated rings. The van der Waals surface area contributed by atoms with E-state index < -0.39 is 40.6 Å². The molecule has 1 aromatic carbocycles. The Kier molecular flexibility index (Phi) is 6.93. The van der Waals surface area contributed by atoms with Gasteiger partial charge in [-0.25, -0.2) is 23.5 Å². The second kappa shape index (κ2) is 9.79. The number of urea groups is 1. The summed E-state index contributed by atoms with van der Waals surface area (Å²) in [4.78, 5) is 33.8. The van der Waals surface area contributed by atoms with E-state index in [1.54, 1.807) is 4.90 Å². The Labute approximate surface area is 201 Å². The number of ether oxygens (including phenoxy) is 1. The summed E-state index contributed by atoms with van der Waals surface area (Å²) in [6, 6.07) is 0.815. The number of fused-ring (bicyclic) bond motifs is 1. The first kappa shape index (κ1) is 25.5. The summed E-state index contributed by atoms with van der Waals surface area (Å²) in [5.41, 5.74) is -1.55. The summed E-state index contributed by atoms with van der Waals surface area (Å²) in [5.74, 6) is -0.890. The molecule has 1 atom stereocenters. The summed E-state index contributed by atoms with van der Waals surface area (Å²) >= 11 is 0. The van der Waals surface area contributed by atoms with E-state index in [1.807, 2.05) is 0 Å². The van der Waals surface area contributed by atoms with E-state index in [1.165, 1.54) is 11.8 Å². The van der Waals surface area contributed by atoms with Crippen LogP contribution in [0.15, 0.2) is 18.2 Å². The zero-order chi connectivity index (χ0) is 26.2. The highest BCUT2D eigenvalue weighted by Gasteiger charge is 2.35. The topological polar surface area (TPSA) is 114 Å². The first-order chi connectivity index (χ1) is 16.9. The Balaban J connectivity index is 1.64. The second-order valence-corrected chi connectivity index (χ2v) is 8.33. The number of hydrogen-bond donors (Lipinski definition) is 1. The molecule has 2 aliphatic rings. The average Bonchev–Trinajstić information content (AvgIpc) is 3.27. The number of nitrogens with one attached hydrogen (secondary N) is 1. The van der Waals surface area contributed by atoms with Gasteiger partial charge >= 0.3 is 12.2 Å². The number of aromatic nitrogens is 2. The van der Waals surface area contributed by atoms with Gasteiger partial charge in [0, 0.05) is 30.8 Å². The van der Waals surface area contributed by atoms with E-state index >= 15 is 0 Å². The van der Waals surface area contributed by atoms with Gasteiger partial charge in [-0.2, -0.15) is 13.2 Å². The molecule has 2 aliphatic heterocycles. The molecule has 3 heterocycles. The van der Waals surface area contributed by atoms with Crippen molar-refractivity contribution in [1.29, 1.82) is 0 Å². The summed E-state index contributed by atoms with van der Waals surface area (Å²) in [5, 5.41) is 14.0. The lowest BCUT2D eigenvalue weighted by Gasteiger charge is -2.30. The van der Waals surface area contributed by atoms with E-state index in [0.29, 0.717) is 37.9 Å². The van der Waals surface area contributed by atoms with Crippen LogP contribution in [0.25, 0.3) is 0 Å². The molecule has 0 spiro atoms. The van der Waals surface area contributed by atoms with Crippen molar-refractivity contribution in [2.75, 3.05) is 31.6 Å². The molecule has 2 aromatic rings. The number of nitro groups is 1. The van der Waals surface area contributed by atoms with Crippen LogP contribution in [0.1, 0.15) is 47.6 Å². The van der Waals surface area contributed by atoms with Crippen LogP contribution in [0.3, 0.4) is 0 Å². The predicted octanol–water partition coefficient (Wildman–Crippen LogP) is 4.28. The Morgan fingerprint density at radius 2 is 1.83 bits per heavy atom. The van der Waals surface area contributed by atoms with Gasteiger partial charge in [0.2, 0.25) is 0 Å². The van der Waals surface area contributed by atoms with Crippen molar-refractivity contribution in [3.63, 3.8) is 0 Å². The van der Waals surface area contributed by atoms with Crippen molar-refractivity contribution in [3.05, 3.63) is 56.5 Å². The zero-order valence-corrected chi connectivity index (χ0v) is 18.9. The number of nitrogens with zero attached hydrogens (tertiary/aromatic N) is 5. The molecule has 10 nitrogen and oxygen atoms in total. The Hall–Kier alpha value is -3.62. The van der Waals surface area contributed by atoms with E-state index in [2.05, 4.69) is 15.3 Å². The van der Waals surface area contributed by atoms with Crippen LogP contribution in [0.5, 0.6) is 0 Å². The third-order valence-electron chi connectivity index (χ3n) is 5.88. The molecule has 36 heavy (non-hydrogen) atoms. The van der Waals surface area contributed by atoms with Crippen LogP contribution in [-0.2, 0) is 24.0 Å². The van der Waals surface area contributed by atoms with E-state index in [9.17, 15) is 36.9 Å². The maximum absolute atomic E-state index is 13.5. The second-order valence-electron chi connectivity index (χ2n) is 8.33. The van der Waals surface area contributed by atoms with Gasteiger partial charge in [0.05, 0.1) is 48.5 Å². The summed E-state index contributed by atoms with van der Waals surface area (Å²) in [6.07, 6.45) is -7.87. The first-order valence-corrected chi connectivity index (χ1v) is 10.9. The van der Waals surface area contributed by atoms with Crippen LogP contribution in [0.4, 0.5) is 38.3 Å². The number of nitro benzene ring substituents is 1. The first-order valence-electron chi connectivity index (χ1n) is 10.9. The van der Waals surface area contributed by atoms with Crippen molar-refractivity contribution in [2.24, 2.45) is 0 Å². The van der Waals surface area contributed by atoms with Crippen LogP contribution in [-0.4, -0.2) is 57.0 Å². The largest absolute Gasteiger partial charge is 0.416 e. The molecule has 0 aliphatic carbocycles. The molecule has 0 bridgehead atoms. The lowest BCUT2D eigenvalue weighted by Crippen LogP contribution is -2.46. The summed E-state index contributed by atoms with van der Waals surface area (Å²) in [6.45, 7) is 2.84. The van der Waals surface area contributed by atoms with Gasteiger partial charge in [-0.05, 0) is 18.6 Å². The van der Waals surface area contributed by atoms with Crippen molar-refractivity contribution in [3.8, 4) is 0 Å². The van der Waals surface area contributed by atoms with E-state index in [4.69, 9.17) is 4.74 Å². The molecule has 1 aromatic heterocycles. The maximum atomic E-state index is 13.5. The van der Waals surface area contributed by atoms with Gasteiger partial charge in [-0.1, -0.05) is 0 Å². The molecular formula is C21H21F5N6O4. The summed E-state index contributed by atoms with van der Waals surface area (Å²) in [7, 11) is 0. The zero-order valence-electron chi connectivity index (χ0n) is 18.9. The molecule has 2 amide bonds. The molecule has 0 radical (unpaired) electrons. The number of carbonyl (C=O) groups excluding carboxylic acids is 1. The normalized spacial score (nSPS) is 16.8. The minimum atomic E-state index is -4.83. The smallest absolute Gasteiger partial charge is 0.378 e. The number of hydrogen-bond acceptors (Lipinski definition) is 7. The van der Waals surface area contributed by atoms with Crippen LogP contribution < -0.4 is 5.32 Å². The van der Waals surface area contributed by atoms with E-state index in [-0.39, 0.29) is 36.2 Å². The van der Waals surface area contributed by atoms with Crippen LogP contribution in [0.2, 0.25) is 0 Å². The Bertz CT molecular complexity index is 1170. The number of morpholine rings is 1. The molecule has 4 rings (SSSR count). The number of benzene rings is 1. The number of halogens is 5. The number of anilines is 1. The highest BCUT2D eigenvalue weighted by Crippen LogP contribution is 2.36. The molecule has 0 saturated carbocycles. The Morgan fingerprint density at radius 1 is 1.14 bits per heavy atom. The van der Waals surface area contributed by atoms with Gasteiger partial charge in [0.1, 0.15) is 5.82 Å². The quantitative estimate of drug-likeness (QED) is 0.359. The predicted molar refractivity (Wildman–Crippen MR) is 114 cm³/mol. The van der Waals surface area contributed by atoms with E-state index in [0.717, 1.165) is 12.1 Å². The van der Waals surface area contributed by atoms with Gasteiger partial charge < -0.3 is 19.9 Å². The molecule has 15 heteroatoms. The Morgan fingerprint density at radius 3 is 2.44 bits per heavy atom. The summed E-state index contributed by atoms with van der Waals surface area (Å²) < 4.78 is 72.1. The van der Waals surface area contributed by atoms with Crippen molar-refractivity contribution < 1.29 is 36.4 Å². The van der Waals surface area contributed by atoms with Crippen LogP contribution >= 0.6 is 0 Å². The number of rotatable bonds is 5. The number of carbonyl (C=O) groups is 1.